The van der Waals surface area contributed by atoms with Gasteiger partial charge in [-0.1, -0.05) is 38.5 Å². The lowest BCUT2D eigenvalue weighted by atomic mass is 9.59. The molecule has 128 valence electrons. The minimum absolute atomic E-state index is 0.00424. The highest BCUT2D eigenvalue weighted by atomic mass is 32.1. The molecule has 0 radical (unpaired) electrons. The number of aromatic nitrogens is 2. The maximum atomic E-state index is 12.6. The van der Waals surface area contributed by atoms with Crippen molar-refractivity contribution in [1.82, 2.24) is 15.1 Å². The van der Waals surface area contributed by atoms with E-state index >= 15 is 0 Å². The summed E-state index contributed by atoms with van der Waals surface area (Å²) in [7, 11) is 0. The summed E-state index contributed by atoms with van der Waals surface area (Å²) >= 11 is 1.52. The van der Waals surface area contributed by atoms with Crippen molar-refractivity contribution < 1.29 is 4.79 Å². The minimum atomic E-state index is -0.00424. The van der Waals surface area contributed by atoms with Crippen LogP contribution in [0.2, 0.25) is 0 Å². The molecule has 1 unspecified atom stereocenters. The highest BCUT2D eigenvalue weighted by Crippen LogP contribution is 2.50. The van der Waals surface area contributed by atoms with Crippen molar-refractivity contribution in [3.05, 3.63) is 5.01 Å². The van der Waals surface area contributed by atoms with E-state index < -0.39 is 0 Å². The minimum Gasteiger partial charge on any atom is -0.324 e. The molecular formula is C17H28N4OS. The fourth-order valence-corrected chi connectivity index (χ4v) is 4.98. The average molecular weight is 337 g/mol. The SMILES string of the molecule is CCC(CC)c1nnc(NC(=O)N2CCC(C)C3(CCC3)C2)s1. The summed E-state index contributed by atoms with van der Waals surface area (Å²) in [6.45, 7) is 8.44. The average Bonchev–Trinajstić information content (AvgIpc) is 2.95. The standard InChI is InChI=1S/C17H28N4OS/c1-4-13(5-2)14-19-20-15(23-14)18-16(22)21-10-7-12(3)17(11-21)8-6-9-17/h12-13H,4-11H2,1-3H3,(H,18,20,22). The Kier molecular flexibility index (Phi) is 4.90. The van der Waals surface area contributed by atoms with Crippen molar-refractivity contribution >= 4 is 22.5 Å². The molecule has 1 aliphatic carbocycles. The molecule has 1 atom stereocenters. The third kappa shape index (κ3) is 3.23. The highest BCUT2D eigenvalue weighted by Gasteiger charge is 2.46. The number of nitrogens with zero attached hydrogens (tertiary/aromatic N) is 3. The molecule has 0 aromatic carbocycles. The van der Waals surface area contributed by atoms with Gasteiger partial charge in [0.2, 0.25) is 5.13 Å². The Labute approximate surface area is 142 Å². The number of hydrogen-bond acceptors (Lipinski definition) is 4. The van der Waals surface area contributed by atoms with Crippen molar-refractivity contribution in [2.75, 3.05) is 18.4 Å². The Morgan fingerprint density at radius 2 is 2.13 bits per heavy atom. The van der Waals surface area contributed by atoms with Gasteiger partial charge in [0.05, 0.1) is 0 Å². The van der Waals surface area contributed by atoms with Gasteiger partial charge in [-0.25, -0.2) is 4.79 Å². The number of urea groups is 1. The zero-order chi connectivity index (χ0) is 16.4. The van der Waals surface area contributed by atoms with Crippen LogP contribution in [0.15, 0.2) is 0 Å². The van der Waals surface area contributed by atoms with Crippen molar-refractivity contribution in [1.29, 1.82) is 0 Å². The fraction of sp³-hybridized carbons (Fsp3) is 0.824. The van der Waals surface area contributed by atoms with E-state index in [0.717, 1.165) is 43.3 Å². The lowest BCUT2D eigenvalue weighted by molar-refractivity contribution is -0.0108. The fourth-order valence-electron chi connectivity index (χ4n) is 3.98. The Hall–Kier alpha value is -1.17. The van der Waals surface area contributed by atoms with Crippen molar-refractivity contribution in [3.8, 4) is 0 Å². The van der Waals surface area contributed by atoms with Crippen LogP contribution in [0.4, 0.5) is 9.93 Å². The van der Waals surface area contributed by atoms with E-state index in [1.165, 1.54) is 30.6 Å². The first-order valence-electron chi connectivity index (χ1n) is 8.97. The Bertz CT molecular complexity index is 551. The first-order valence-corrected chi connectivity index (χ1v) is 9.79. The first-order chi connectivity index (χ1) is 11.1. The second-order valence-corrected chi connectivity index (χ2v) is 8.23. The quantitative estimate of drug-likeness (QED) is 0.881. The maximum absolute atomic E-state index is 12.6. The van der Waals surface area contributed by atoms with Crippen molar-refractivity contribution in [2.45, 2.75) is 65.2 Å². The van der Waals surface area contributed by atoms with Gasteiger partial charge in [-0.05, 0) is 43.4 Å². The van der Waals surface area contributed by atoms with Gasteiger partial charge in [-0.2, -0.15) is 0 Å². The predicted molar refractivity (Wildman–Crippen MR) is 93.9 cm³/mol. The molecule has 1 saturated carbocycles. The van der Waals surface area contributed by atoms with Crippen LogP contribution in [0.1, 0.15) is 70.2 Å². The zero-order valence-electron chi connectivity index (χ0n) is 14.5. The third-order valence-corrected chi connectivity index (χ3v) is 7.01. The van der Waals surface area contributed by atoms with E-state index in [1.807, 2.05) is 4.90 Å². The smallest absolute Gasteiger partial charge is 0.323 e. The number of likely N-dealkylation sites (tertiary alicyclic amines) is 1. The molecule has 2 amide bonds. The van der Waals surface area contributed by atoms with Gasteiger partial charge in [0, 0.05) is 19.0 Å². The molecule has 1 N–H and O–H groups in total. The van der Waals surface area contributed by atoms with E-state index in [-0.39, 0.29) is 6.03 Å². The molecule has 23 heavy (non-hydrogen) atoms. The molecule has 2 fully saturated rings. The van der Waals surface area contributed by atoms with Crippen LogP contribution in [-0.4, -0.2) is 34.2 Å². The molecule has 5 nitrogen and oxygen atoms in total. The van der Waals surface area contributed by atoms with E-state index in [2.05, 4.69) is 36.3 Å². The number of anilines is 1. The second-order valence-electron chi connectivity index (χ2n) is 7.22. The summed E-state index contributed by atoms with van der Waals surface area (Å²) in [5, 5.41) is 13.1. The number of nitrogens with one attached hydrogen (secondary N) is 1. The third-order valence-electron chi connectivity index (χ3n) is 6.01. The molecule has 3 rings (SSSR count). The molecule has 1 aromatic heterocycles. The number of carbonyl (C=O) groups is 1. The Morgan fingerprint density at radius 3 is 2.74 bits per heavy atom. The molecular weight excluding hydrogens is 308 g/mol. The largest absolute Gasteiger partial charge is 0.324 e. The summed E-state index contributed by atoms with van der Waals surface area (Å²) in [4.78, 5) is 14.6. The number of carbonyl (C=O) groups excluding carboxylic acids is 1. The predicted octanol–water partition coefficient (Wildman–Crippen LogP) is 4.49. The van der Waals surface area contributed by atoms with Gasteiger partial charge >= 0.3 is 6.03 Å². The Balaban J connectivity index is 1.61. The number of hydrogen-bond donors (Lipinski definition) is 1. The second kappa shape index (κ2) is 6.75. The lowest BCUT2D eigenvalue weighted by Crippen LogP contribution is -2.54. The van der Waals surface area contributed by atoms with E-state index in [4.69, 9.17) is 0 Å². The molecule has 6 heteroatoms. The normalized spacial score (nSPS) is 23.1. The van der Waals surface area contributed by atoms with Crippen molar-refractivity contribution in [3.63, 3.8) is 0 Å². The molecule has 1 aromatic rings. The van der Waals surface area contributed by atoms with Crippen molar-refractivity contribution in [2.24, 2.45) is 11.3 Å². The summed E-state index contributed by atoms with van der Waals surface area (Å²) in [5.74, 6) is 1.19. The monoisotopic (exact) mass is 336 g/mol. The summed E-state index contributed by atoms with van der Waals surface area (Å²) in [5.41, 5.74) is 0.386. The van der Waals surface area contributed by atoms with Crippen LogP contribution in [0.3, 0.4) is 0 Å². The van der Waals surface area contributed by atoms with Crippen LogP contribution in [0.25, 0.3) is 0 Å². The highest BCUT2D eigenvalue weighted by molar-refractivity contribution is 7.15. The van der Waals surface area contributed by atoms with Gasteiger partial charge in [0.1, 0.15) is 5.01 Å². The Morgan fingerprint density at radius 1 is 1.39 bits per heavy atom. The molecule has 0 bridgehead atoms. The van der Waals surface area contributed by atoms with Crippen LogP contribution in [0.5, 0.6) is 0 Å². The van der Waals surface area contributed by atoms with E-state index in [9.17, 15) is 4.79 Å². The number of amides is 2. The van der Waals surface area contributed by atoms with Gasteiger partial charge in [-0.15, -0.1) is 10.2 Å². The van der Waals surface area contributed by atoms with E-state index in [0.29, 0.717) is 16.5 Å². The zero-order valence-corrected chi connectivity index (χ0v) is 15.3. The van der Waals surface area contributed by atoms with Gasteiger partial charge in [0.15, 0.2) is 0 Å². The van der Waals surface area contributed by atoms with Crippen LogP contribution in [-0.2, 0) is 0 Å². The molecule has 1 saturated heterocycles. The molecule has 1 spiro atoms. The topological polar surface area (TPSA) is 58.1 Å². The van der Waals surface area contributed by atoms with Gasteiger partial charge in [-0.3, -0.25) is 5.32 Å². The van der Waals surface area contributed by atoms with Gasteiger partial charge in [0.25, 0.3) is 0 Å². The van der Waals surface area contributed by atoms with Crippen LogP contribution < -0.4 is 5.32 Å². The summed E-state index contributed by atoms with van der Waals surface area (Å²) in [6.07, 6.45) is 7.10. The number of piperidine rings is 1. The summed E-state index contributed by atoms with van der Waals surface area (Å²) in [6, 6.07) is -0.00424. The van der Waals surface area contributed by atoms with E-state index in [1.54, 1.807) is 0 Å². The van der Waals surface area contributed by atoms with Gasteiger partial charge < -0.3 is 4.90 Å². The first kappa shape index (κ1) is 16.7. The molecule has 2 heterocycles. The van der Waals surface area contributed by atoms with Crippen LogP contribution in [0, 0.1) is 11.3 Å². The van der Waals surface area contributed by atoms with Crippen LogP contribution >= 0.6 is 11.3 Å². The maximum Gasteiger partial charge on any atom is 0.323 e. The molecule has 1 aliphatic heterocycles. The molecule has 2 aliphatic rings. The number of rotatable bonds is 4. The summed E-state index contributed by atoms with van der Waals surface area (Å²) < 4.78 is 0. The lowest BCUT2D eigenvalue weighted by Gasteiger charge is -2.52.